The van der Waals surface area contributed by atoms with Crippen molar-refractivity contribution in [3.63, 3.8) is 0 Å². The largest absolute Gasteiger partial charge is 0.373 e. The normalized spacial score (nSPS) is 18.4. The predicted octanol–water partition coefficient (Wildman–Crippen LogP) is 1.87. The molecule has 0 saturated heterocycles. The maximum atomic E-state index is 4.19. The van der Waals surface area contributed by atoms with Crippen molar-refractivity contribution < 1.29 is 0 Å². The molecule has 0 aromatic carbocycles. The molecule has 1 heterocycles. The van der Waals surface area contributed by atoms with Crippen LogP contribution >= 0.6 is 0 Å². The van der Waals surface area contributed by atoms with Crippen LogP contribution in [0.15, 0.2) is 12.4 Å². The molecule has 1 aromatic heterocycles. The third-order valence-electron chi connectivity index (χ3n) is 2.81. The average Bonchev–Trinajstić information content (AvgIpc) is 2.16. The zero-order valence-corrected chi connectivity index (χ0v) is 8.67. The monoisotopic (exact) mass is 192 g/mol. The van der Waals surface area contributed by atoms with E-state index in [-0.39, 0.29) is 5.54 Å². The first kappa shape index (κ1) is 9.24. The first-order valence-corrected chi connectivity index (χ1v) is 5.00. The van der Waals surface area contributed by atoms with E-state index >= 15 is 0 Å². The molecule has 4 nitrogen and oxygen atoms in total. The zero-order valence-electron chi connectivity index (χ0n) is 8.67. The number of nitrogens with zero attached hydrogens (tertiary/aromatic N) is 2. The molecular formula is C10H16N4. The Morgan fingerprint density at radius 3 is 2.57 bits per heavy atom. The van der Waals surface area contributed by atoms with E-state index in [0.29, 0.717) is 0 Å². The lowest BCUT2D eigenvalue weighted by Crippen LogP contribution is -2.41. The fourth-order valence-electron chi connectivity index (χ4n) is 1.70. The van der Waals surface area contributed by atoms with Gasteiger partial charge in [0.1, 0.15) is 18.0 Å². The van der Waals surface area contributed by atoms with Gasteiger partial charge in [-0.3, -0.25) is 0 Å². The highest BCUT2D eigenvalue weighted by Crippen LogP contribution is 2.34. The molecule has 1 aliphatic rings. The van der Waals surface area contributed by atoms with Crippen molar-refractivity contribution in [2.75, 3.05) is 17.7 Å². The number of hydrogen-bond acceptors (Lipinski definition) is 4. The highest BCUT2D eigenvalue weighted by atomic mass is 15.1. The van der Waals surface area contributed by atoms with Crippen LogP contribution in [-0.2, 0) is 0 Å². The van der Waals surface area contributed by atoms with Crippen LogP contribution in [0.4, 0.5) is 11.6 Å². The lowest BCUT2D eigenvalue weighted by molar-refractivity contribution is 0.306. The van der Waals surface area contributed by atoms with Gasteiger partial charge in [-0.15, -0.1) is 0 Å². The van der Waals surface area contributed by atoms with Gasteiger partial charge in [-0.2, -0.15) is 0 Å². The van der Waals surface area contributed by atoms with E-state index in [1.165, 1.54) is 19.3 Å². The van der Waals surface area contributed by atoms with E-state index in [1.54, 1.807) is 6.33 Å². The van der Waals surface area contributed by atoms with Crippen molar-refractivity contribution in [1.82, 2.24) is 9.97 Å². The fourth-order valence-corrected chi connectivity index (χ4v) is 1.70. The van der Waals surface area contributed by atoms with Gasteiger partial charge in [-0.25, -0.2) is 9.97 Å². The second kappa shape index (κ2) is 3.44. The van der Waals surface area contributed by atoms with Crippen LogP contribution in [0.2, 0.25) is 0 Å². The van der Waals surface area contributed by atoms with Crippen molar-refractivity contribution in [2.24, 2.45) is 0 Å². The summed E-state index contributed by atoms with van der Waals surface area (Å²) >= 11 is 0. The summed E-state index contributed by atoms with van der Waals surface area (Å²) in [5.41, 5.74) is 0.249. The molecule has 0 amide bonds. The minimum absolute atomic E-state index is 0.249. The molecule has 2 N–H and O–H groups in total. The standard InChI is InChI=1S/C10H16N4/c1-10(4-3-5-10)14-9-6-8(11-2)12-7-13-9/h6-7H,3-5H2,1-2H3,(H2,11,12,13,14). The molecule has 0 bridgehead atoms. The van der Waals surface area contributed by atoms with Gasteiger partial charge in [-0.1, -0.05) is 0 Å². The van der Waals surface area contributed by atoms with E-state index in [2.05, 4.69) is 27.5 Å². The highest BCUT2D eigenvalue weighted by Gasteiger charge is 2.31. The Bertz CT molecular complexity index is 320. The lowest BCUT2D eigenvalue weighted by atomic mass is 9.78. The molecule has 0 atom stereocenters. The average molecular weight is 192 g/mol. The van der Waals surface area contributed by atoms with Crippen LogP contribution in [0.1, 0.15) is 26.2 Å². The molecule has 1 saturated carbocycles. The van der Waals surface area contributed by atoms with Crippen molar-refractivity contribution >= 4 is 11.6 Å². The molecule has 1 aliphatic carbocycles. The second-order valence-electron chi connectivity index (χ2n) is 4.08. The van der Waals surface area contributed by atoms with E-state index in [0.717, 1.165) is 11.6 Å². The summed E-state index contributed by atoms with van der Waals surface area (Å²) in [7, 11) is 1.86. The van der Waals surface area contributed by atoms with Gasteiger partial charge in [-0.05, 0) is 26.2 Å². The van der Waals surface area contributed by atoms with E-state index < -0.39 is 0 Å². The molecular weight excluding hydrogens is 176 g/mol. The van der Waals surface area contributed by atoms with Crippen molar-refractivity contribution in [2.45, 2.75) is 31.7 Å². The van der Waals surface area contributed by atoms with Gasteiger partial charge in [0.05, 0.1) is 0 Å². The number of nitrogens with one attached hydrogen (secondary N) is 2. The van der Waals surface area contributed by atoms with Crippen molar-refractivity contribution in [1.29, 1.82) is 0 Å². The zero-order chi connectivity index (χ0) is 10.0. The molecule has 1 aromatic rings. The molecule has 1 fully saturated rings. The van der Waals surface area contributed by atoms with E-state index in [4.69, 9.17) is 0 Å². The van der Waals surface area contributed by atoms with Crippen LogP contribution in [0.5, 0.6) is 0 Å². The third kappa shape index (κ3) is 1.78. The van der Waals surface area contributed by atoms with Gasteiger partial charge in [0.25, 0.3) is 0 Å². The number of aromatic nitrogens is 2. The van der Waals surface area contributed by atoms with Gasteiger partial charge < -0.3 is 10.6 Å². The molecule has 0 unspecified atom stereocenters. The first-order valence-electron chi connectivity index (χ1n) is 5.00. The quantitative estimate of drug-likeness (QED) is 0.767. The summed E-state index contributed by atoms with van der Waals surface area (Å²) in [6.07, 6.45) is 5.35. The summed E-state index contributed by atoms with van der Waals surface area (Å²) in [4.78, 5) is 8.26. The van der Waals surface area contributed by atoms with Gasteiger partial charge in [0, 0.05) is 18.7 Å². The van der Waals surface area contributed by atoms with Crippen LogP contribution < -0.4 is 10.6 Å². The van der Waals surface area contributed by atoms with Crippen molar-refractivity contribution in [3.05, 3.63) is 12.4 Å². The van der Waals surface area contributed by atoms with Gasteiger partial charge in [0.2, 0.25) is 0 Å². The Balaban J connectivity index is 2.08. The molecule has 0 spiro atoms. The summed E-state index contributed by atoms with van der Waals surface area (Å²) in [6, 6.07) is 1.93. The summed E-state index contributed by atoms with van der Waals surface area (Å²) < 4.78 is 0. The number of rotatable bonds is 3. The molecule has 14 heavy (non-hydrogen) atoms. The van der Waals surface area contributed by atoms with Gasteiger partial charge in [0.15, 0.2) is 0 Å². The number of hydrogen-bond donors (Lipinski definition) is 2. The van der Waals surface area contributed by atoms with Crippen LogP contribution in [0.3, 0.4) is 0 Å². The van der Waals surface area contributed by atoms with E-state index in [1.807, 2.05) is 13.1 Å². The molecule has 0 aliphatic heterocycles. The minimum atomic E-state index is 0.249. The smallest absolute Gasteiger partial charge is 0.131 e. The molecule has 2 rings (SSSR count). The molecule has 4 heteroatoms. The maximum Gasteiger partial charge on any atom is 0.131 e. The topological polar surface area (TPSA) is 49.8 Å². The third-order valence-corrected chi connectivity index (χ3v) is 2.81. The Morgan fingerprint density at radius 2 is 2.00 bits per heavy atom. The summed E-state index contributed by atoms with van der Waals surface area (Å²) in [5, 5.41) is 6.44. The summed E-state index contributed by atoms with van der Waals surface area (Å²) in [6.45, 7) is 2.23. The molecule has 76 valence electrons. The van der Waals surface area contributed by atoms with Crippen LogP contribution in [0.25, 0.3) is 0 Å². The van der Waals surface area contributed by atoms with E-state index in [9.17, 15) is 0 Å². The van der Waals surface area contributed by atoms with Crippen LogP contribution in [0, 0.1) is 0 Å². The Kier molecular flexibility index (Phi) is 2.27. The maximum absolute atomic E-state index is 4.19. The van der Waals surface area contributed by atoms with Gasteiger partial charge >= 0.3 is 0 Å². The SMILES string of the molecule is CNc1cc(NC2(C)CCC2)ncn1. The van der Waals surface area contributed by atoms with Crippen molar-refractivity contribution in [3.8, 4) is 0 Å². The van der Waals surface area contributed by atoms with Crippen LogP contribution in [-0.4, -0.2) is 22.6 Å². The Morgan fingerprint density at radius 1 is 1.29 bits per heavy atom. The molecule has 0 radical (unpaired) electrons. The number of anilines is 2. The summed E-state index contributed by atoms with van der Waals surface area (Å²) in [5.74, 6) is 1.76. The Hall–Kier alpha value is -1.32. The Labute approximate surface area is 84.2 Å². The lowest BCUT2D eigenvalue weighted by Gasteiger charge is -2.39. The highest BCUT2D eigenvalue weighted by molar-refractivity contribution is 5.47. The second-order valence-corrected chi connectivity index (χ2v) is 4.08. The minimum Gasteiger partial charge on any atom is -0.373 e. The fraction of sp³-hybridized carbons (Fsp3) is 0.600. The predicted molar refractivity (Wildman–Crippen MR) is 57.5 cm³/mol. The first-order chi connectivity index (χ1) is 6.72.